The van der Waals surface area contributed by atoms with Gasteiger partial charge in [0.15, 0.2) is 5.82 Å². The van der Waals surface area contributed by atoms with Crippen LogP contribution in [0.15, 0.2) is 10.6 Å². The summed E-state index contributed by atoms with van der Waals surface area (Å²) in [5.41, 5.74) is 2.38. The van der Waals surface area contributed by atoms with Crippen molar-refractivity contribution < 1.29 is 4.52 Å². The first-order valence-electron chi connectivity index (χ1n) is 7.31. The molecular formula is C16H21N5O. The number of nitriles is 1. The average Bonchev–Trinajstić information content (AvgIpc) is 2.84. The molecule has 0 atom stereocenters. The molecule has 2 aromatic rings. The van der Waals surface area contributed by atoms with Crippen molar-refractivity contribution in [2.24, 2.45) is 5.92 Å². The van der Waals surface area contributed by atoms with Crippen molar-refractivity contribution in [3.8, 4) is 6.07 Å². The molecule has 0 amide bonds. The van der Waals surface area contributed by atoms with E-state index in [0.29, 0.717) is 35.6 Å². The Balaban J connectivity index is 2.21. The minimum absolute atomic E-state index is 0.426. The van der Waals surface area contributed by atoms with Gasteiger partial charge in [-0.3, -0.25) is 0 Å². The summed E-state index contributed by atoms with van der Waals surface area (Å²) in [6.45, 7) is 8.48. The Bertz CT molecular complexity index is 699. The van der Waals surface area contributed by atoms with Gasteiger partial charge < -0.3 is 9.42 Å². The number of pyridine rings is 1. The lowest BCUT2D eigenvalue weighted by molar-refractivity contribution is 0.370. The van der Waals surface area contributed by atoms with Crippen LogP contribution in [0.3, 0.4) is 0 Å². The molecule has 2 aromatic heterocycles. The van der Waals surface area contributed by atoms with Gasteiger partial charge >= 0.3 is 0 Å². The van der Waals surface area contributed by atoms with Crippen LogP contribution in [0, 0.1) is 31.1 Å². The van der Waals surface area contributed by atoms with Crippen molar-refractivity contribution in [3.05, 3.63) is 34.6 Å². The summed E-state index contributed by atoms with van der Waals surface area (Å²) in [4.78, 5) is 10.7. The third kappa shape index (κ3) is 3.61. The molecule has 0 radical (unpaired) electrons. The summed E-state index contributed by atoms with van der Waals surface area (Å²) >= 11 is 0. The first kappa shape index (κ1) is 16.0. The Morgan fingerprint density at radius 1 is 1.32 bits per heavy atom. The molecule has 0 saturated carbocycles. The van der Waals surface area contributed by atoms with Crippen LogP contribution >= 0.6 is 0 Å². The van der Waals surface area contributed by atoms with Gasteiger partial charge in [0.2, 0.25) is 5.89 Å². The minimum Gasteiger partial charge on any atom is -0.349 e. The smallest absolute Gasteiger partial charge is 0.246 e. The van der Waals surface area contributed by atoms with E-state index in [2.05, 4.69) is 35.0 Å². The number of aryl methyl sites for hydroxylation is 2. The van der Waals surface area contributed by atoms with Gasteiger partial charge in [0.25, 0.3) is 0 Å². The molecule has 0 spiro atoms. The van der Waals surface area contributed by atoms with E-state index >= 15 is 0 Å². The quantitative estimate of drug-likeness (QED) is 0.844. The fourth-order valence-corrected chi connectivity index (χ4v) is 2.31. The highest BCUT2D eigenvalue weighted by Gasteiger charge is 2.16. The molecule has 116 valence electrons. The maximum Gasteiger partial charge on any atom is 0.246 e. The zero-order valence-corrected chi connectivity index (χ0v) is 13.7. The minimum atomic E-state index is 0.426. The van der Waals surface area contributed by atoms with Crippen molar-refractivity contribution in [1.29, 1.82) is 5.26 Å². The van der Waals surface area contributed by atoms with Gasteiger partial charge in [-0.1, -0.05) is 19.0 Å². The molecule has 0 unspecified atom stereocenters. The van der Waals surface area contributed by atoms with Crippen LogP contribution in [0.25, 0.3) is 0 Å². The van der Waals surface area contributed by atoms with E-state index in [9.17, 15) is 5.26 Å². The van der Waals surface area contributed by atoms with Gasteiger partial charge in [0, 0.05) is 19.2 Å². The third-order valence-corrected chi connectivity index (χ3v) is 3.27. The summed E-state index contributed by atoms with van der Waals surface area (Å²) in [5, 5.41) is 13.3. The Morgan fingerprint density at radius 2 is 2.05 bits per heavy atom. The molecule has 0 aliphatic heterocycles. The van der Waals surface area contributed by atoms with Gasteiger partial charge in [-0.05, 0) is 31.4 Å². The van der Waals surface area contributed by atoms with Crippen molar-refractivity contribution in [2.45, 2.75) is 40.7 Å². The fraction of sp³-hybridized carbons (Fsp3) is 0.500. The highest BCUT2D eigenvalue weighted by molar-refractivity contribution is 5.57. The molecule has 0 aliphatic rings. The number of aromatic nitrogens is 3. The van der Waals surface area contributed by atoms with Gasteiger partial charge in [-0.25, -0.2) is 4.98 Å². The molecule has 2 heterocycles. The van der Waals surface area contributed by atoms with Crippen LogP contribution in [0.4, 0.5) is 5.82 Å². The predicted molar refractivity (Wildman–Crippen MR) is 83.4 cm³/mol. The summed E-state index contributed by atoms with van der Waals surface area (Å²) in [7, 11) is 1.87. The van der Waals surface area contributed by atoms with E-state index in [4.69, 9.17) is 4.52 Å². The highest BCUT2D eigenvalue weighted by atomic mass is 16.5. The van der Waals surface area contributed by atoms with Crippen molar-refractivity contribution in [1.82, 2.24) is 15.1 Å². The van der Waals surface area contributed by atoms with Crippen LogP contribution in [0.1, 0.15) is 42.4 Å². The molecule has 0 bridgehead atoms. The van der Waals surface area contributed by atoms with Crippen molar-refractivity contribution in [2.75, 3.05) is 11.9 Å². The summed E-state index contributed by atoms with van der Waals surface area (Å²) in [6, 6.07) is 4.12. The number of hydrogen-bond acceptors (Lipinski definition) is 6. The molecule has 6 nitrogen and oxygen atoms in total. The lowest BCUT2D eigenvalue weighted by atomic mass is 10.1. The van der Waals surface area contributed by atoms with E-state index in [1.54, 1.807) is 0 Å². The zero-order chi connectivity index (χ0) is 16.3. The summed E-state index contributed by atoms with van der Waals surface area (Å²) in [5.74, 6) is 2.37. The summed E-state index contributed by atoms with van der Waals surface area (Å²) in [6.07, 6.45) is 0.790. The fourth-order valence-electron chi connectivity index (χ4n) is 2.31. The van der Waals surface area contributed by atoms with Gasteiger partial charge in [0.05, 0.1) is 12.1 Å². The maximum atomic E-state index is 9.34. The van der Waals surface area contributed by atoms with Gasteiger partial charge in [-0.15, -0.1) is 0 Å². The second-order valence-electron chi connectivity index (χ2n) is 5.95. The molecule has 0 N–H and O–H groups in total. The first-order chi connectivity index (χ1) is 10.4. The van der Waals surface area contributed by atoms with E-state index in [1.807, 2.05) is 31.9 Å². The number of hydrogen-bond donors (Lipinski definition) is 0. The zero-order valence-electron chi connectivity index (χ0n) is 13.7. The Hall–Kier alpha value is -2.42. The normalized spacial score (nSPS) is 10.8. The highest BCUT2D eigenvalue weighted by Crippen LogP contribution is 2.22. The molecule has 6 heteroatoms. The molecule has 0 fully saturated rings. The van der Waals surface area contributed by atoms with Crippen LogP contribution in [-0.2, 0) is 13.0 Å². The summed E-state index contributed by atoms with van der Waals surface area (Å²) < 4.78 is 5.28. The van der Waals surface area contributed by atoms with Crippen molar-refractivity contribution in [3.63, 3.8) is 0 Å². The molecule has 0 aromatic carbocycles. The van der Waals surface area contributed by atoms with E-state index in [0.717, 1.165) is 17.7 Å². The van der Waals surface area contributed by atoms with Crippen LogP contribution in [-0.4, -0.2) is 22.2 Å². The number of anilines is 1. The second-order valence-corrected chi connectivity index (χ2v) is 5.95. The van der Waals surface area contributed by atoms with Crippen LogP contribution in [0.2, 0.25) is 0 Å². The molecular weight excluding hydrogens is 278 g/mol. The monoisotopic (exact) mass is 299 g/mol. The topological polar surface area (TPSA) is 78.8 Å². The first-order valence-corrected chi connectivity index (χ1v) is 7.31. The third-order valence-electron chi connectivity index (χ3n) is 3.27. The van der Waals surface area contributed by atoms with E-state index < -0.39 is 0 Å². The van der Waals surface area contributed by atoms with Gasteiger partial charge in [0.1, 0.15) is 11.9 Å². The molecule has 22 heavy (non-hydrogen) atoms. The van der Waals surface area contributed by atoms with Gasteiger partial charge in [-0.2, -0.15) is 10.2 Å². The van der Waals surface area contributed by atoms with Crippen LogP contribution in [0.5, 0.6) is 0 Å². The largest absolute Gasteiger partial charge is 0.349 e. The van der Waals surface area contributed by atoms with Crippen LogP contribution < -0.4 is 4.90 Å². The number of nitrogens with zero attached hydrogens (tertiary/aromatic N) is 5. The Labute approximate surface area is 130 Å². The average molecular weight is 299 g/mol. The SMILES string of the molecule is Cc1cc(C)c(C#N)c(N(C)Cc2nc(CC(C)C)no2)n1. The molecule has 0 saturated heterocycles. The second kappa shape index (κ2) is 6.56. The maximum absolute atomic E-state index is 9.34. The number of rotatable bonds is 5. The Kier molecular flexibility index (Phi) is 4.76. The standard InChI is InChI=1S/C16H21N5O/c1-10(2)6-14-19-15(22-20-14)9-21(5)16-13(8-17)11(3)7-12(4)18-16/h7,10H,6,9H2,1-5H3. The molecule has 2 rings (SSSR count). The lowest BCUT2D eigenvalue weighted by Gasteiger charge is -2.18. The Morgan fingerprint density at radius 3 is 2.68 bits per heavy atom. The van der Waals surface area contributed by atoms with E-state index in [-0.39, 0.29) is 0 Å². The molecule has 0 aliphatic carbocycles. The van der Waals surface area contributed by atoms with E-state index in [1.165, 1.54) is 0 Å². The predicted octanol–water partition coefficient (Wildman–Crippen LogP) is 2.79. The lowest BCUT2D eigenvalue weighted by Crippen LogP contribution is -2.20. The van der Waals surface area contributed by atoms with Crippen molar-refractivity contribution >= 4 is 5.82 Å².